The van der Waals surface area contributed by atoms with Crippen LogP contribution in [0.1, 0.15) is 54.4 Å². The third-order valence-electron chi connectivity index (χ3n) is 4.92. The molecule has 0 aromatic carbocycles. The summed E-state index contributed by atoms with van der Waals surface area (Å²) in [6, 6.07) is 0. The van der Waals surface area contributed by atoms with Gasteiger partial charge in [0.05, 0.1) is 19.3 Å². The molecule has 0 aliphatic carbocycles. The average Bonchev–Trinajstić information content (AvgIpc) is 2.56. The second-order valence-electron chi connectivity index (χ2n) is 8.22. The maximum Gasteiger partial charge on any atom is 0.343 e. The molecular weight excluding hydrogens is 520 g/mol. The molecule has 0 aromatic heterocycles. The topological polar surface area (TPSA) is 90.9 Å². The zero-order chi connectivity index (χ0) is 22.2. The molecule has 0 heterocycles. The van der Waals surface area contributed by atoms with Crippen molar-refractivity contribution in [2.75, 3.05) is 19.1 Å². The first-order valence-electron chi connectivity index (χ1n) is 9.64. The fourth-order valence-corrected chi connectivity index (χ4v) is 4.11. The average molecular weight is 557 g/mol. The number of nitrogens with one attached hydrogen (secondary N) is 1. The molecule has 0 aliphatic heterocycles. The number of alkyl halides is 1. The van der Waals surface area contributed by atoms with Crippen LogP contribution >= 0.6 is 11.6 Å². The van der Waals surface area contributed by atoms with Crippen LogP contribution in [0.2, 0.25) is 18.1 Å². The van der Waals surface area contributed by atoms with Gasteiger partial charge < -0.3 is 19.2 Å². The summed E-state index contributed by atoms with van der Waals surface area (Å²) in [5.41, 5.74) is -1.92. The molecule has 10 heteroatoms. The minimum absolute atomic E-state index is 0. The van der Waals surface area contributed by atoms with E-state index >= 15 is 0 Å². The molecule has 7 nitrogen and oxygen atoms in total. The molecule has 1 N–H and O–H groups in total. The molecule has 4 radical (unpaired) electrons. The molecule has 0 bridgehead atoms. The Bertz CT molecular complexity index is 535. The maximum atomic E-state index is 12.7. The van der Waals surface area contributed by atoms with Gasteiger partial charge in [-0.15, -0.1) is 11.6 Å². The Kier molecular flexibility index (Phi) is 14.0. The molecule has 0 saturated carbocycles. The third-order valence-corrected chi connectivity index (χ3v) is 9.80. The molecule has 29 heavy (non-hydrogen) atoms. The van der Waals surface area contributed by atoms with Gasteiger partial charge in [-0.25, -0.2) is 9.59 Å². The second kappa shape index (κ2) is 13.2. The van der Waals surface area contributed by atoms with Gasteiger partial charge in [-0.05, 0) is 44.8 Å². The molecule has 0 saturated heterocycles. The molecule has 0 unspecified atom stereocenters. The van der Waals surface area contributed by atoms with E-state index in [0.717, 1.165) is 0 Å². The predicted octanol–water partition coefficient (Wildman–Crippen LogP) is 3.02. The van der Waals surface area contributed by atoms with E-state index in [9.17, 15) is 14.4 Å². The smallest absolute Gasteiger partial charge is 0.343 e. The van der Waals surface area contributed by atoms with Crippen molar-refractivity contribution < 1.29 is 28.3 Å². The molecule has 168 valence electrons. The van der Waals surface area contributed by atoms with E-state index in [1.165, 1.54) is 6.92 Å². The van der Waals surface area contributed by atoms with Crippen LogP contribution in [0.15, 0.2) is 0 Å². The standard InChI is InChI=1S/C19H36ClNO6Si.Sn/c1-9-25-16(23)19(21-14(3)22,17(24)26-10-2)12-11-15(13-20)27-28(7,8)18(4,5)6;/h15H,9-13H2,1-8H3,(H,21,22);/t15-;/m0./s1. The number of hydrogen-bond donors (Lipinski definition) is 1. The molecule has 0 fully saturated rings. The summed E-state index contributed by atoms with van der Waals surface area (Å²) in [5.74, 6) is -2.02. The monoisotopic (exact) mass is 557 g/mol. The van der Waals surface area contributed by atoms with Crippen LogP contribution in [0.25, 0.3) is 0 Å². The Morgan fingerprint density at radius 1 is 1.03 bits per heavy atom. The zero-order valence-corrected chi connectivity index (χ0v) is 23.6. The first-order valence-corrected chi connectivity index (χ1v) is 13.1. The van der Waals surface area contributed by atoms with Crippen LogP contribution in [-0.2, 0) is 28.3 Å². The van der Waals surface area contributed by atoms with Gasteiger partial charge in [0.1, 0.15) is 0 Å². The quantitative estimate of drug-likeness (QED) is 0.182. The van der Waals surface area contributed by atoms with Crippen molar-refractivity contribution in [1.82, 2.24) is 5.32 Å². The van der Waals surface area contributed by atoms with Crippen LogP contribution in [-0.4, -0.2) is 80.8 Å². The van der Waals surface area contributed by atoms with E-state index in [1.807, 2.05) is 0 Å². The van der Waals surface area contributed by atoms with Crippen molar-refractivity contribution >= 4 is 61.7 Å². The Balaban J connectivity index is 0. The largest absolute Gasteiger partial charge is 0.464 e. The molecule has 0 rings (SSSR count). The van der Waals surface area contributed by atoms with Crippen molar-refractivity contribution in [3.05, 3.63) is 0 Å². The van der Waals surface area contributed by atoms with E-state index in [2.05, 4.69) is 39.2 Å². The summed E-state index contributed by atoms with van der Waals surface area (Å²) in [4.78, 5) is 37.1. The second-order valence-corrected chi connectivity index (χ2v) is 13.3. The van der Waals surface area contributed by atoms with E-state index in [4.69, 9.17) is 25.5 Å². The van der Waals surface area contributed by atoms with E-state index in [1.54, 1.807) is 13.8 Å². The van der Waals surface area contributed by atoms with Crippen molar-refractivity contribution in [2.24, 2.45) is 0 Å². The summed E-state index contributed by atoms with van der Waals surface area (Å²) in [5, 5.41) is 2.44. The number of amides is 1. The van der Waals surface area contributed by atoms with Crippen molar-refractivity contribution in [3.8, 4) is 0 Å². The van der Waals surface area contributed by atoms with Crippen LogP contribution in [0.4, 0.5) is 0 Å². The van der Waals surface area contributed by atoms with Crippen molar-refractivity contribution in [3.63, 3.8) is 0 Å². The molecular formula is C19H36ClNO6SiSn. The molecule has 0 aromatic rings. The SMILES string of the molecule is CCOC(=O)C(CC[C@@H](CCl)O[Si](C)(C)C(C)(C)C)(NC(C)=O)C(=O)OCC.[Sn]. The van der Waals surface area contributed by atoms with Gasteiger partial charge in [0, 0.05) is 36.7 Å². The van der Waals surface area contributed by atoms with Gasteiger partial charge in [0.25, 0.3) is 0 Å². The van der Waals surface area contributed by atoms with Crippen LogP contribution in [0.3, 0.4) is 0 Å². The number of hydrogen-bond acceptors (Lipinski definition) is 6. The predicted molar refractivity (Wildman–Crippen MR) is 118 cm³/mol. The normalized spacial score (nSPS) is 13.1. The number of esters is 2. The van der Waals surface area contributed by atoms with E-state index in [0.29, 0.717) is 0 Å². The van der Waals surface area contributed by atoms with Gasteiger partial charge in [0.15, 0.2) is 8.32 Å². The van der Waals surface area contributed by atoms with Crippen LogP contribution < -0.4 is 5.32 Å². The van der Waals surface area contributed by atoms with Crippen molar-refractivity contribution in [1.29, 1.82) is 0 Å². The molecule has 0 spiro atoms. The Hall–Kier alpha value is -0.324. The van der Waals surface area contributed by atoms with E-state index < -0.39 is 31.7 Å². The summed E-state index contributed by atoms with van der Waals surface area (Å²) < 4.78 is 16.5. The fraction of sp³-hybridized carbons (Fsp3) is 0.842. The maximum absolute atomic E-state index is 12.7. The summed E-state index contributed by atoms with van der Waals surface area (Å²) >= 11 is 6.12. The number of carbonyl (C=O) groups excluding carboxylic acids is 3. The van der Waals surface area contributed by atoms with E-state index in [-0.39, 0.29) is 67.0 Å². The van der Waals surface area contributed by atoms with Gasteiger partial charge in [-0.1, -0.05) is 20.8 Å². The Labute approximate surface area is 198 Å². The fourth-order valence-electron chi connectivity index (χ4n) is 2.40. The van der Waals surface area contributed by atoms with Crippen LogP contribution in [0.5, 0.6) is 0 Å². The number of rotatable bonds is 11. The van der Waals surface area contributed by atoms with Gasteiger partial charge in [0.2, 0.25) is 11.4 Å². The minimum Gasteiger partial charge on any atom is -0.464 e. The summed E-state index contributed by atoms with van der Waals surface area (Å²) in [7, 11) is -2.11. The third kappa shape index (κ3) is 9.14. The Morgan fingerprint density at radius 2 is 1.48 bits per heavy atom. The number of ether oxygens (including phenoxy) is 2. The first kappa shape index (κ1) is 30.9. The molecule has 1 atom stereocenters. The zero-order valence-electron chi connectivity index (χ0n) is 18.9. The first-order chi connectivity index (χ1) is 12.8. The Morgan fingerprint density at radius 3 is 1.79 bits per heavy atom. The van der Waals surface area contributed by atoms with Crippen LogP contribution in [0, 0.1) is 0 Å². The van der Waals surface area contributed by atoms with Crippen molar-refractivity contribution in [2.45, 2.75) is 84.2 Å². The van der Waals surface area contributed by atoms with Gasteiger partial charge in [-0.3, -0.25) is 4.79 Å². The number of halogens is 1. The minimum atomic E-state index is -2.11. The molecule has 0 aliphatic rings. The molecule has 1 amide bonds. The number of carbonyl (C=O) groups is 3. The van der Waals surface area contributed by atoms with Gasteiger partial charge in [-0.2, -0.15) is 0 Å². The summed E-state index contributed by atoms with van der Waals surface area (Å²) in [6.07, 6.45) is -0.121. The van der Waals surface area contributed by atoms with Gasteiger partial charge >= 0.3 is 11.9 Å². The summed E-state index contributed by atoms with van der Waals surface area (Å²) in [6.45, 7) is 15.2.